The predicted molar refractivity (Wildman–Crippen MR) is 44.9 cm³/mol. The minimum Gasteiger partial charge on any atom is -0.366 e. The first-order chi connectivity index (χ1) is 5.41. The highest BCUT2D eigenvalue weighted by molar-refractivity contribution is 7.80. The molecule has 0 unspecified atom stereocenters. The molecule has 0 aliphatic carbocycles. The number of hydrogen-bond acceptors (Lipinski definition) is 1. The molecule has 0 amide bonds. The van der Waals surface area contributed by atoms with Crippen molar-refractivity contribution in [1.82, 2.24) is 10.6 Å². The molecule has 0 bridgehead atoms. The minimum absolute atomic E-state index is 0.0131. The Morgan fingerprint density at radius 1 is 1.50 bits per heavy atom. The number of rotatable bonds is 2. The molecule has 0 aromatic heterocycles. The quantitative estimate of drug-likeness (QED) is 0.659. The van der Waals surface area contributed by atoms with Crippen LogP contribution in [0, 0.1) is 0 Å². The number of alkyl halides is 3. The van der Waals surface area contributed by atoms with Gasteiger partial charge in [0.2, 0.25) is 0 Å². The van der Waals surface area contributed by atoms with E-state index in [1.807, 2.05) is 0 Å². The lowest BCUT2D eigenvalue weighted by Crippen LogP contribution is -2.47. The summed E-state index contributed by atoms with van der Waals surface area (Å²) in [4.78, 5) is 0. The Kier molecular flexibility index (Phi) is 4.30. The van der Waals surface area contributed by atoms with Crippen LogP contribution in [-0.2, 0) is 0 Å². The molecule has 12 heavy (non-hydrogen) atoms. The average molecular weight is 200 g/mol. The predicted octanol–water partition coefficient (Wildman–Crippen LogP) is 1.42. The largest absolute Gasteiger partial charge is 0.408 e. The van der Waals surface area contributed by atoms with Gasteiger partial charge in [0.15, 0.2) is 5.11 Å². The Hall–Kier alpha value is -0.520. The molecule has 2 nitrogen and oxygen atoms in total. The second kappa shape index (κ2) is 4.49. The zero-order chi connectivity index (χ0) is 9.78. The first kappa shape index (κ1) is 11.5. The maximum absolute atomic E-state index is 12.1. The highest BCUT2D eigenvalue weighted by Gasteiger charge is 2.38. The van der Waals surface area contributed by atoms with Crippen LogP contribution < -0.4 is 10.6 Å². The molecule has 0 saturated carbocycles. The summed E-state index contributed by atoms with van der Waals surface area (Å²) < 4.78 is 36.2. The zero-order valence-electron chi connectivity index (χ0n) is 6.83. The summed E-state index contributed by atoms with van der Waals surface area (Å²) >= 11 is 4.54. The van der Waals surface area contributed by atoms with E-state index in [1.165, 1.54) is 14.0 Å². The van der Waals surface area contributed by atoms with Gasteiger partial charge in [0.25, 0.3) is 0 Å². The van der Waals surface area contributed by atoms with Crippen molar-refractivity contribution >= 4 is 17.3 Å². The van der Waals surface area contributed by atoms with Gasteiger partial charge < -0.3 is 10.6 Å². The molecule has 0 fully saturated rings. The minimum atomic E-state index is -4.24. The smallest absolute Gasteiger partial charge is 0.366 e. The van der Waals surface area contributed by atoms with Crippen molar-refractivity contribution < 1.29 is 13.2 Å². The van der Waals surface area contributed by atoms with Gasteiger partial charge >= 0.3 is 6.18 Å². The van der Waals surface area contributed by atoms with Crippen molar-refractivity contribution in [2.75, 3.05) is 7.05 Å². The molecule has 0 aromatic carbocycles. The molecule has 0 aromatic rings. The Bertz CT molecular complexity index is 157. The van der Waals surface area contributed by atoms with Crippen molar-refractivity contribution in [3.05, 3.63) is 0 Å². The molecule has 72 valence electrons. The molecule has 0 aliphatic heterocycles. The first-order valence-electron chi connectivity index (χ1n) is 3.46. The molecular formula is C6H11F3N2S. The highest BCUT2D eigenvalue weighted by Crippen LogP contribution is 2.21. The molecule has 0 aliphatic rings. The van der Waals surface area contributed by atoms with Crippen LogP contribution in [0.25, 0.3) is 0 Å². The van der Waals surface area contributed by atoms with Gasteiger partial charge in [-0.25, -0.2) is 0 Å². The molecule has 1 atom stereocenters. The van der Waals surface area contributed by atoms with E-state index in [-0.39, 0.29) is 11.5 Å². The summed E-state index contributed by atoms with van der Waals surface area (Å²) in [6.45, 7) is 1.45. The fourth-order valence-electron chi connectivity index (χ4n) is 0.646. The third-order valence-corrected chi connectivity index (χ3v) is 1.66. The third kappa shape index (κ3) is 3.75. The van der Waals surface area contributed by atoms with E-state index in [0.717, 1.165) is 0 Å². The highest BCUT2D eigenvalue weighted by atomic mass is 32.1. The maximum Gasteiger partial charge on any atom is 0.408 e. The SMILES string of the molecule is CC[C@H](NC(=S)NC)C(F)(F)F. The van der Waals surface area contributed by atoms with E-state index in [2.05, 4.69) is 22.9 Å². The lowest BCUT2D eigenvalue weighted by molar-refractivity contribution is -0.152. The van der Waals surface area contributed by atoms with Gasteiger partial charge in [0.05, 0.1) is 0 Å². The molecule has 0 rings (SSSR count). The van der Waals surface area contributed by atoms with E-state index < -0.39 is 12.2 Å². The number of hydrogen-bond donors (Lipinski definition) is 2. The van der Waals surface area contributed by atoms with Gasteiger partial charge in [-0.15, -0.1) is 0 Å². The lowest BCUT2D eigenvalue weighted by Gasteiger charge is -2.20. The van der Waals surface area contributed by atoms with Crippen LogP contribution in [0.4, 0.5) is 13.2 Å². The molecule has 0 radical (unpaired) electrons. The van der Waals surface area contributed by atoms with Crippen LogP contribution in [0.3, 0.4) is 0 Å². The Morgan fingerprint density at radius 2 is 2.00 bits per heavy atom. The van der Waals surface area contributed by atoms with Crippen molar-refractivity contribution in [3.63, 3.8) is 0 Å². The summed E-state index contributed by atoms with van der Waals surface area (Å²) in [5.74, 6) is 0. The normalized spacial score (nSPS) is 13.8. The molecule has 0 heterocycles. The summed E-state index contributed by atoms with van der Waals surface area (Å²) in [6.07, 6.45) is -4.28. The van der Waals surface area contributed by atoms with Crippen LogP contribution in [0.5, 0.6) is 0 Å². The molecule has 2 N–H and O–H groups in total. The van der Waals surface area contributed by atoms with Gasteiger partial charge in [0.1, 0.15) is 6.04 Å². The second-order valence-electron chi connectivity index (χ2n) is 2.23. The number of nitrogens with one attached hydrogen (secondary N) is 2. The summed E-state index contributed by atoms with van der Waals surface area (Å²) in [6, 6.07) is -1.56. The van der Waals surface area contributed by atoms with E-state index in [9.17, 15) is 13.2 Å². The van der Waals surface area contributed by atoms with Crippen LogP contribution in [0.15, 0.2) is 0 Å². The van der Waals surface area contributed by atoms with Gasteiger partial charge in [-0.2, -0.15) is 13.2 Å². The van der Waals surface area contributed by atoms with Crippen LogP contribution in [-0.4, -0.2) is 24.4 Å². The van der Waals surface area contributed by atoms with Crippen LogP contribution in [0.1, 0.15) is 13.3 Å². The molecule has 0 spiro atoms. The first-order valence-corrected chi connectivity index (χ1v) is 3.87. The second-order valence-corrected chi connectivity index (χ2v) is 2.63. The standard InChI is InChI=1S/C6H11F3N2S/c1-3-4(6(7,8)9)11-5(12)10-2/h4H,3H2,1-2H3,(H2,10,11,12)/t4-/m0/s1. The number of thiocarbonyl (C=S) groups is 1. The monoisotopic (exact) mass is 200 g/mol. The fourth-order valence-corrected chi connectivity index (χ4v) is 0.788. The van der Waals surface area contributed by atoms with E-state index >= 15 is 0 Å². The van der Waals surface area contributed by atoms with E-state index in [0.29, 0.717) is 0 Å². The Balaban J connectivity index is 4.09. The van der Waals surface area contributed by atoms with Crippen molar-refractivity contribution in [2.45, 2.75) is 25.6 Å². The van der Waals surface area contributed by atoms with Gasteiger partial charge in [-0.1, -0.05) is 6.92 Å². The van der Waals surface area contributed by atoms with Gasteiger partial charge in [0, 0.05) is 7.05 Å². The van der Waals surface area contributed by atoms with Gasteiger partial charge in [-0.05, 0) is 18.6 Å². The average Bonchev–Trinajstić information content (AvgIpc) is 1.97. The third-order valence-electron chi connectivity index (χ3n) is 1.34. The number of halogens is 3. The Labute approximate surface area is 74.5 Å². The zero-order valence-corrected chi connectivity index (χ0v) is 7.64. The van der Waals surface area contributed by atoms with Crippen molar-refractivity contribution in [2.24, 2.45) is 0 Å². The van der Waals surface area contributed by atoms with Crippen molar-refractivity contribution in [3.8, 4) is 0 Å². The van der Waals surface area contributed by atoms with Crippen LogP contribution in [0.2, 0.25) is 0 Å². The van der Waals surface area contributed by atoms with E-state index in [1.54, 1.807) is 0 Å². The maximum atomic E-state index is 12.1. The van der Waals surface area contributed by atoms with Crippen molar-refractivity contribution in [1.29, 1.82) is 0 Å². The molecule has 0 saturated heterocycles. The summed E-state index contributed by atoms with van der Waals surface area (Å²) in [7, 11) is 1.47. The van der Waals surface area contributed by atoms with Crippen LogP contribution >= 0.6 is 12.2 Å². The summed E-state index contributed by atoms with van der Waals surface area (Å²) in [5.41, 5.74) is 0. The topological polar surface area (TPSA) is 24.1 Å². The van der Waals surface area contributed by atoms with Gasteiger partial charge in [-0.3, -0.25) is 0 Å². The fraction of sp³-hybridized carbons (Fsp3) is 0.833. The van der Waals surface area contributed by atoms with E-state index in [4.69, 9.17) is 0 Å². The molecular weight excluding hydrogens is 189 g/mol. The summed E-state index contributed by atoms with van der Waals surface area (Å²) in [5, 5.41) is 4.59. The Morgan fingerprint density at radius 3 is 2.25 bits per heavy atom. The lowest BCUT2D eigenvalue weighted by atomic mass is 10.2. The molecule has 6 heteroatoms.